The molecule has 2 rings (SSSR count). The van der Waals surface area contributed by atoms with Crippen molar-refractivity contribution in [1.82, 2.24) is 14.9 Å². The lowest BCUT2D eigenvalue weighted by Gasteiger charge is -1.95. The molecule has 6 nitrogen and oxygen atoms in total. The minimum atomic E-state index is -3.24. The molecule has 0 radical (unpaired) electrons. The topological polar surface area (TPSA) is 85.1 Å². The summed E-state index contributed by atoms with van der Waals surface area (Å²) in [5.41, 5.74) is 0.861. The summed E-state index contributed by atoms with van der Waals surface area (Å²) in [5.74, 6) is 0.707. The van der Waals surface area contributed by atoms with E-state index in [2.05, 4.69) is 14.9 Å². The van der Waals surface area contributed by atoms with E-state index in [1.165, 1.54) is 11.3 Å². The van der Waals surface area contributed by atoms with Crippen LogP contribution in [0, 0.1) is 0 Å². The van der Waals surface area contributed by atoms with E-state index in [4.69, 9.17) is 4.52 Å². The Morgan fingerprint density at radius 1 is 1.56 bits per heavy atom. The van der Waals surface area contributed by atoms with E-state index in [9.17, 15) is 8.42 Å². The maximum absolute atomic E-state index is 10.8. The predicted octanol–water partition coefficient (Wildman–Crippen LogP) is 0.847. The first-order chi connectivity index (χ1) is 7.54. The highest BCUT2D eigenvalue weighted by Gasteiger charge is 2.10. The van der Waals surface area contributed by atoms with E-state index >= 15 is 0 Å². The van der Waals surface area contributed by atoms with E-state index in [1.807, 2.05) is 16.8 Å². The molecule has 86 valence electrons. The zero-order valence-electron chi connectivity index (χ0n) is 8.37. The number of hydrogen-bond donors (Lipinski definition) is 1. The number of sulfonamides is 1. The Kier molecular flexibility index (Phi) is 3.03. The molecule has 2 aromatic rings. The van der Waals surface area contributed by atoms with Gasteiger partial charge in [0.2, 0.25) is 21.7 Å². The highest BCUT2D eigenvalue weighted by Crippen LogP contribution is 2.18. The number of aromatic nitrogens is 2. The molecular weight excluding hydrogens is 250 g/mol. The van der Waals surface area contributed by atoms with Crippen LogP contribution in [0.4, 0.5) is 0 Å². The van der Waals surface area contributed by atoms with Crippen molar-refractivity contribution in [3.63, 3.8) is 0 Å². The van der Waals surface area contributed by atoms with E-state index < -0.39 is 10.0 Å². The molecule has 0 aliphatic rings. The molecular formula is C8H9N3O3S2. The van der Waals surface area contributed by atoms with Gasteiger partial charge in [0.25, 0.3) is 0 Å². The van der Waals surface area contributed by atoms with E-state index in [0.717, 1.165) is 11.8 Å². The highest BCUT2D eigenvalue weighted by molar-refractivity contribution is 7.88. The van der Waals surface area contributed by atoms with Crippen LogP contribution >= 0.6 is 11.3 Å². The molecule has 0 bridgehead atoms. The maximum Gasteiger partial charge on any atom is 0.242 e. The first-order valence-corrected chi connectivity index (χ1v) is 7.18. The van der Waals surface area contributed by atoms with Crippen molar-refractivity contribution in [1.29, 1.82) is 0 Å². The van der Waals surface area contributed by atoms with Crippen molar-refractivity contribution in [2.75, 3.05) is 6.26 Å². The molecule has 0 unspecified atom stereocenters. The molecule has 16 heavy (non-hydrogen) atoms. The predicted molar refractivity (Wildman–Crippen MR) is 59.3 cm³/mol. The van der Waals surface area contributed by atoms with Crippen LogP contribution in [0.1, 0.15) is 5.89 Å². The van der Waals surface area contributed by atoms with Crippen molar-refractivity contribution >= 4 is 21.4 Å². The van der Waals surface area contributed by atoms with Crippen molar-refractivity contribution < 1.29 is 12.9 Å². The lowest BCUT2D eigenvalue weighted by molar-refractivity contribution is 0.376. The fourth-order valence-electron chi connectivity index (χ4n) is 1.03. The van der Waals surface area contributed by atoms with Gasteiger partial charge in [-0.1, -0.05) is 5.16 Å². The Labute approximate surface area is 96.4 Å². The number of nitrogens with zero attached hydrogens (tertiary/aromatic N) is 2. The van der Waals surface area contributed by atoms with Crippen LogP contribution < -0.4 is 4.72 Å². The number of thiophene rings is 1. The van der Waals surface area contributed by atoms with Crippen molar-refractivity contribution in [3.05, 3.63) is 22.7 Å². The quantitative estimate of drug-likeness (QED) is 0.879. The van der Waals surface area contributed by atoms with Crippen LogP contribution in [0.15, 0.2) is 21.3 Å². The lowest BCUT2D eigenvalue weighted by atomic mass is 10.3. The van der Waals surface area contributed by atoms with Gasteiger partial charge in [0.15, 0.2) is 0 Å². The normalized spacial score (nSPS) is 11.8. The summed E-state index contributed by atoms with van der Waals surface area (Å²) in [6.07, 6.45) is 1.07. The van der Waals surface area contributed by atoms with Gasteiger partial charge in [-0.05, 0) is 11.4 Å². The third-order valence-corrected chi connectivity index (χ3v) is 3.08. The van der Waals surface area contributed by atoms with Gasteiger partial charge < -0.3 is 4.52 Å². The summed E-state index contributed by atoms with van der Waals surface area (Å²) >= 11 is 1.53. The molecule has 8 heteroatoms. The van der Waals surface area contributed by atoms with Gasteiger partial charge >= 0.3 is 0 Å². The number of nitrogens with one attached hydrogen (secondary N) is 1. The average Bonchev–Trinajstić information content (AvgIpc) is 2.84. The molecule has 0 fully saturated rings. The molecule has 0 saturated heterocycles. The van der Waals surface area contributed by atoms with Crippen molar-refractivity contribution in [2.45, 2.75) is 6.54 Å². The van der Waals surface area contributed by atoms with Gasteiger partial charge in [-0.2, -0.15) is 16.3 Å². The van der Waals surface area contributed by atoms with Crippen LogP contribution in [0.25, 0.3) is 11.4 Å². The van der Waals surface area contributed by atoms with Crippen LogP contribution in [0.5, 0.6) is 0 Å². The SMILES string of the molecule is CS(=O)(=O)NCc1nc(-c2ccsc2)no1. The van der Waals surface area contributed by atoms with Crippen molar-refractivity contribution in [3.8, 4) is 11.4 Å². The molecule has 2 aromatic heterocycles. The molecule has 0 spiro atoms. The Hall–Kier alpha value is -1.25. The zero-order chi connectivity index (χ0) is 11.6. The van der Waals surface area contributed by atoms with Gasteiger partial charge in [-0.15, -0.1) is 0 Å². The van der Waals surface area contributed by atoms with Crippen LogP contribution in [0.3, 0.4) is 0 Å². The number of rotatable bonds is 4. The summed E-state index contributed by atoms with van der Waals surface area (Å²) in [6, 6.07) is 1.86. The smallest absolute Gasteiger partial charge is 0.242 e. The molecule has 0 amide bonds. The fourth-order valence-corrected chi connectivity index (χ4v) is 2.05. The largest absolute Gasteiger partial charge is 0.338 e. The minimum absolute atomic E-state index is 0.00989. The molecule has 0 aromatic carbocycles. The fraction of sp³-hybridized carbons (Fsp3) is 0.250. The highest BCUT2D eigenvalue weighted by atomic mass is 32.2. The Bertz CT molecular complexity index is 559. The van der Waals surface area contributed by atoms with Crippen molar-refractivity contribution in [2.24, 2.45) is 0 Å². The average molecular weight is 259 g/mol. The zero-order valence-corrected chi connectivity index (χ0v) is 10.0. The first-order valence-electron chi connectivity index (χ1n) is 4.34. The Balaban J connectivity index is 2.09. The van der Waals surface area contributed by atoms with E-state index in [-0.39, 0.29) is 12.4 Å². The summed E-state index contributed by atoms with van der Waals surface area (Å²) in [5, 5.41) is 7.54. The lowest BCUT2D eigenvalue weighted by Crippen LogP contribution is -2.21. The second kappa shape index (κ2) is 4.32. The second-order valence-corrected chi connectivity index (χ2v) is 5.73. The van der Waals surface area contributed by atoms with E-state index in [1.54, 1.807) is 0 Å². The minimum Gasteiger partial charge on any atom is -0.338 e. The third-order valence-electron chi connectivity index (χ3n) is 1.73. The number of hydrogen-bond acceptors (Lipinski definition) is 6. The van der Waals surface area contributed by atoms with Gasteiger partial charge in [-0.3, -0.25) is 0 Å². The standard InChI is InChI=1S/C8H9N3O3S2/c1-16(12,13)9-4-7-10-8(11-14-7)6-2-3-15-5-6/h2-3,5,9H,4H2,1H3. The molecule has 0 aliphatic heterocycles. The Morgan fingerprint density at radius 3 is 3.00 bits per heavy atom. The van der Waals surface area contributed by atoms with Crippen LogP contribution in [-0.4, -0.2) is 24.8 Å². The monoisotopic (exact) mass is 259 g/mol. The molecule has 0 atom stereocenters. The summed E-state index contributed by atoms with van der Waals surface area (Å²) in [4.78, 5) is 4.06. The first kappa shape index (κ1) is 11.2. The maximum atomic E-state index is 10.8. The van der Waals surface area contributed by atoms with Crippen LogP contribution in [-0.2, 0) is 16.6 Å². The molecule has 0 aliphatic carbocycles. The summed E-state index contributed by atoms with van der Waals surface area (Å²) < 4.78 is 28.9. The molecule has 0 saturated carbocycles. The molecule has 1 N–H and O–H groups in total. The van der Waals surface area contributed by atoms with E-state index in [0.29, 0.717) is 5.82 Å². The van der Waals surface area contributed by atoms with Gasteiger partial charge in [0, 0.05) is 10.9 Å². The Morgan fingerprint density at radius 2 is 2.38 bits per heavy atom. The summed E-state index contributed by atoms with van der Waals surface area (Å²) in [7, 11) is -3.24. The van der Waals surface area contributed by atoms with Gasteiger partial charge in [0.05, 0.1) is 12.8 Å². The summed E-state index contributed by atoms with van der Waals surface area (Å²) in [6.45, 7) is 0.00989. The van der Waals surface area contributed by atoms with Gasteiger partial charge in [0.1, 0.15) is 0 Å². The molecule has 2 heterocycles. The van der Waals surface area contributed by atoms with Crippen LogP contribution in [0.2, 0.25) is 0 Å². The third kappa shape index (κ3) is 2.87. The second-order valence-electron chi connectivity index (χ2n) is 3.12. The van der Waals surface area contributed by atoms with Gasteiger partial charge in [-0.25, -0.2) is 13.1 Å².